The van der Waals surface area contributed by atoms with Gasteiger partial charge in [-0.15, -0.1) is 0 Å². The lowest BCUT2D eigenvalue weighted by Crippen LogP contribution is -2.59. The number of hydrogen-bond acceptors (Lipinski definition) is 2. The summed E-state index contributed by atoms with van der Waals surface area (Å²) in [5.41, 5.74) is 2.20. The van der Waals surface area contributed by atoms with Crippen LogP contribution in [-0.2, 0) is 12.6 Å². The predicted molar refractivity (Wildman–Crippen MR) is 106 cm³/mol. The molecular weight excluding hydrogens is 388 g/mol. The number of imidazole rings is 1. The van der Waals surface area contributed by atoms with Crippen molar-refractivity contribution in [1.29, 1.82) is 0 Å². The number of pyridine rings is 1. The summed E-state index contributed by atoms with van der Waals surface area (Å²) in [6.07, 6.45) is 4.25. The van der Waals surface area contributed by atoms with Crippen molar-refractivity contribution in [2.75, 3.05) is 0 Å². The van der Waals surface area contributed by atoms with Crippen LogP contribution in [0.15, 0.2) is 52.1 Å². The van der Waals surface area contributed by atoms with Gasteiger partial charge in [0.15, 0.2) is 17.4 Å². The Kier molecular flexibility index (Phi) is 3.78. The lowest BCUT2D eigenvalue weighted by molar-refractivity contribution is -0.737. The summed E-state index contributed by atoms with van der Waals surface area (Å²) < 4.78 is 40.7. The SMILES string of the molecule is CCC1(C)C(=c2oc(=O)c3c(C)[n+](C)cn23)c2cc(F)cc(F)c2-c2cccc[n+]21. The maximum absolute atomic E-state index is 15.1. The number of rotatable bonds is 1. The van der Waals surface area contributed by atoms with Gasteiger partial charge in [0.2, 0.25) is 5.69 Å². The molecule has 0 spiro atoms. The molecule has 0 amide bonds. The van der Waals surface area contributed by atoms with Gasteiger partial charge in [0.05, 0.1) is 12.6 Å². The van der Waals surface area contributed by atoms with E-state index in [0.717, 1.165) is 11.8 Å². The van der Waals surface area contributed by atoms with E-state index in [-0.39, 0.29) is 5.55 Å². The van der Waals surface area contributed by atoms with E-state index in [1.54, 1.807) is 10.7 Å². The Morgan fingerprint density at radius 1 is 1.23 bits per heavy atom. The zero-order chi connectivity index (χ0) is 21.4. The molecule has 0 fully saturated rings. The number of benzene rings is 1. The van der Waals surface area contributed by atoms with Crippen molar-refractivity contribution in [2.45, 2.75) is 32.7 Å². The van der Waals surface area contributed by atoms with Gasteiger partial charge in [-0.05, 0) is 12.1 Å². The topological polar surface area (TPSA) is 42.4 Å². The van der Waals surface area contributed by atoms with E-state index in [0.29, 0.717) is 34.3 Å². The Morgan fingerprint density at radius 2 is 2.00 bits per heavy atom. The molecule has 0 radical (unpaired) electrons. The first-order valence-corrected chi connectivity index (χ1v) is 9.83. The highest BCUT2D eigenvalue weighted by atomic mass is 19.1. The van der Waals surface area contributed by atoms with Crippen molar-refractivity contribution < 1.29 is 22.3 Å². The normalized spacial score (nSPS) is 19.8. The Hall–Kier alpha value is -3.35. The molecule has 0 aliphatic carbocycles. The molecule has 1 atom stereocenters. The number of aromatic nitrogens is 3. The molecule has 0 N–H and O–H groups in total. The fourth-order valence-electron chi connectivity index (χ4n) is 4.63. The molecule has 1 aliphatic rings. The second-order valence-electron chi connectivity index (χ2n) is 7.99. The van der Waals surface area contributed by atoms with Crippen LogP contribution in [0, 0.1) is 18.6 Å². The van der Waals surface area contributed by atoms with Crippen molar-refractivity contribution in [3.63, 3.8) is 0 Å². The zero-order valence-corrected chi connectivity index (χ0v) is 17.2. The molecule has 4 heterocycles. The molecule has 0 saturated heterocycles. The van der Waals surface area contributed by atoms with Crippen molar-refractivity contribution in [1.82, 2.24) is 4.40 Å². The molecule has 7 heteroatoms. The van der Waals surface area contributed by atoms with Gasteiger partial charge in [-0.25, -0.2) is 18.1 Å². The Labute approximate surface area is 171 Å². The monoisotopic (exact) mass is 409 g/mol. The fourth-order valence-corrected chi connectivity index (χ4v) is 4.63. The third-order valence-corrected chi connectivity index (χ3v) is 6.42. The summed E-state index contributed by atoms with van der Waals surface area (Å²) in [6.45, 7) is 5.83. The Bertz CT molecular complexity index is 1470. The van der Waals surface area contributed by atoms with Gasteiger partial charge >= 0.3 is 11.2 Å². The molecule has 1 unspecified atom stereocenters. The van der Waals surface area contributed by atoms with Gasteiger partial charge < -0.3 is 4.42 Å². The summed E-state index contributed by atoms with van der Waals surface area (Å²) in [5.74, 6) is -1.33. The lowest BCUT2D eigenvalue weighted by atomic mass is 9.78. The van der Waals surface area contributed by atoms with Crippen LogP contribution in [0.2, 0.25) is 0 Å². The van der Waals surface area contributed by atoms with Gasteiger partial charge in [0.25, 0.3) is 11.8 Å². The minimum atomic E-state index is -0.697. The molecule has 5 rings (SSSR count). The Morgan fingerprint density at radius 3 is 2.73 bits per heavy atom. The molecule has 3 aromatic heterocycles. The van der Waals surface area contributed by atoms with Crippen LogP contribution in [0.5, 0.6) is 0 Å². The van der Waals surface area contributed by atoms with Gasteiger partial charge in [-0.3, -0.25) is 0 Å². The average molecular weight is 409 g/mol. The zero-order valence-electron chi connectivity index (χ0n) is 17.2. The van der Waals surface area contributed by atoms with Gasteiger partial charge in [-0.2, -0.15) is 8.97 Å². The summed E-state index contributed by atoms with van der Waals surface area (Å²) in [4.78, 5) is 12.7. The molecule has 4 aromatic rings. The minimum absolute atomic E-state index is 0.288. The van der Waals surface area contributed by atoms with Crippen LogP contribution in [0.25, 0.3) is 22.3 Å². The standard InChI is InChI=1S/C23H21F2N3O2/c1-5-23(3)19(21-27-12-26(4)13(2)20(27)22(29)30-21)15-10-14(24)11-16(25)18(15)17-8-6-7-9-28(17)23/h6-12H,5H2,1-4H3/q+2. The van der Waals surface area contributed by atoms with E-state index in [2.05, 4.69) is 0 Å². The van der Waals surface area contributed by atoms with Crippen LogP contribution in [-0.4, -0.2) is 4.40 Å². The molecular formula is C23H21F2N3O2+2. The van der Waals surface area contributed by atoms with E-state index < -0.39 is 22.8 Å². The molecule has 1 aliphatic heterocycles. The van der Waals surface area contributed by atoms with Crippen LogP contribution < -0.4 is 20.3 Å². The van der Waals surface area contributed by atoms with Gasteiger partial charge in [0, 0.05) is 44.0 Å². The quantitative estimate of drug-likeness (QED) is 0.453. The maximum atomic E-state index is 15.1. The largest absolute Gasteiger partial charge is 0.391 e. The highest BCUT2D eigenvalue weighted by molar-refractivity contribution is 5.83. The van der Waals surface area contributed by atoms with E-state index in [1.165, 1.54) is 6.07 Å². The van der Waals surface area contributed by atoms with Gasteiger partial charge in [-0.1, -0.05) is 6.92 Å². The number of halogens is 2. The number of fused-ring (bicyclic) bond motifs is 4. The third-order valence-electron chi connectivity index (χ3n) is 6.42. The number of hydrogen-bond donors (Lipinski definition) is 0. The van der Waals surface area contributed by atoms with E-state index in [4.69, 9.17) is 4.42 Å². The van der Waals surface area contributed by atoms with Crippen molar-refractivity contribution in [3.05, 3.63) is 81.7 Å². The predicted octanol–water partition coefficient (Wildman–Crippen LogP) is 2.31. The van der Waals surface area contributed by atoms with Crippen LogP contribution in [0.3, 0.4) is 0 Å². The molecule has 152 valence electrons. The summed E-state index contributed by atoms with van der Waals surface area (Å²) >= 11 is 0. The summed E-state index contributed by atoms with van der Waals surface area (Å²) in [6, 6.07) is 7.74. The van der Waals surface area contributed by atoms with Crippen molar-refractivity contribution in [3.8, 4) is 11.3 Å². The lowest BCUT2D eigenvalue weighted by Gasteiger charge is -2.31. The smallest absolute Gasteiger partial charge is 0.382 e. The summed E-state index contributed by atoms with van der Waals surface area (Å²) in [5, 5.41) is 0. The van der Waals surface area contributed by atoms with E-state index in [9.17, 15) is 9.18 Å². The summed E-state index contributed by atoms with van der Waals surface area (Å²) in [7, 11) is 1.84. The van der Waals surface area contributed by atoms with E-state index in [1.807, 2.05) is 61.3 Å². The molecule has 0 saturated carbocycles. The maximum Gasteiger partial charge on any atom is 0.391 e. The number of aryl methyl sites for hydroxylation is 2. The second kappa shape index (κ2) is 6.08. The number of oxazole rings is 1. The fraction of sp³-hybridized carbons (Fsp3) is 0.261. The van der Waals surface area contributed by atoms with Crippen LogP contribution in [0.1, 0.15) is 31.5 Å². The van der Waals surface area contributed by atoms with Crippen LogP contribution >= 0.6 is 0 Å². The minimum Gasteiger partial charge on any atom is -0.382 e. The highest BCUT2D eigenvalue weighted by Gasteiger charge is 2.49. The van der Waals surface area contributed by atoms with Crippen molar-refractivity contribution >= 4 is 11.1 Å². The highest BCUT2D eigenvalue weighted by Crippen LogP contribution is 2.42. The third kappa shape index (κ3) is 2.23. The molecule has 1 aromatic carbocycles. The van der Waals surface area contributed by atoms with Crippen molar-refractivity contribution in [2.24, 2.45) is 7.05 Å². The molecule has 30 heavy (non-hydrogen) atoms. The van der Waals surface area contributed by atoms with Crippen LogP contribution in [0.4, 0.5) is 8.78 Å². The van der Waals surface area contributed by atoms with Gasteiger partial charge in [0.1, 0.15) is 17.2 Å². The first kappa shape index (κ1) is 18.7. The average Bonchev–Trinajstić information content (AvgIpc) is 3.18. The molecule has 5 nitrogen and oxygen atoms in total. The Balaban J connectivity index is 2.09. The number of nitrogens with zero attached hydrogens (tertiary/aromatic N) is 3. The molecule has 0 bridgehead atoms. The first-order valence-electron chi connectivity index (χ1n) is 9.83. The van der Waals surface area contributed by atoms with E-state index >= 15 is 4.39 Å². The first-order chi connectivity index (χ1) is 14.3. The second-order valence-corrected chi connectivity index (χ2v) is 7.99.